The minimum Gasteiger partial charge on any atom is -0.502 e. The average molecular weight is 389 g/mol. The van der Waals surface area contributed by atoms with Gasteiger partial charge in [-0.15, -0.1) is 0 Å². The Hall–Kier alpha value is -3.50. The maximum Gasteiger partial charge on any atom is 0.328 e. The highest BCUT2D eigenvalue weighted by molar-refractivity contribution is 5.78. The molecule has 2 rings (SSSR count). The van der Waals surface area contributed by atoms with E-state index in [1.165, 1.54) is 18.2 Å². The van der Waals surface area contributed by atoms with Crippen LogP contribution in [0.1, 0.15) is 11.1 Å². The standard InChI is InChI=1S/C18H19N3O7/c19-13(17(23)24)7-10-1-4-12(5-2-10)28-18(25)14(20)8-11-3-6-16(22)15(9-11)21(26)27/h1-6,9,13-14,22H,7-8,19-20H2,(H,23,24)/t13-,14-/m0/s1. The summed E-state index contributed by atoms with van der Waals surface area (Å²) in [5.41, 5.74) is 11.8. The predicted octanol–water partition coefficient (Wildman–Crippen LogP) is 0.730. The van der Waals surface area contributed by atoms with Gasteiger partial charge in [0.15, 0.2) is 5.75 Å². The van der Waals surface area contributed by atoms with Crippen molar-refractivity contribution in [3.63, 3.8) is 0 Å². The van der Waals surface area contributed by atoms with Crippen LogP contribution in [-0.2, 0) is 22.4 Å². The van der Waals surface area contributed by atoms with Crippen molar-refractivity contribution in [2.75, 3.05) is 0 Å². The number of aliphatic carboxylic acids is 1. The number of benzene rings is 2. The normalized spacial score (nSPS) is 12.8. The zero-order valence-electron chi connectivity index (χ0n) is 14.6. The first-order valence-electron chi connectivity index (χ1n) is 8.18. The summed E-state index contributed by atoms with van der Waals surface area (Å²) in [6.07, 6.45) is 0.105. The van der Waals surface area contributed by atoms with Gasteiger partial charge in [-0.1, -0.05) is 18.2 Å². The van der Waals surface area contributed by atoms with Crippen LogP contribution in [0.25, 0.3) is 0 Å². The van der Waals surface area contributed by atoms with Crippen LogP contribution >= 0.6 is 0 Å². The number of nitrogens with zero attached hydrogens (tertiary/aromatic N) is 1. The van der Waals surface area contributed by atoms with Gasteiger partial charge in [0.1, 0.15) is 17.8 Å². The maximum absolute atomic E-state index is 12.1. The van der Waals surface area contributed by atoms with Crippen molar-refractivity contribution in [1.29, 1.82) is 0 Å². The average Bonchev–Trinajstić information content (AvgIpc) is 2.64. The number of nitrogens with two attached hydrogens (primary N) is 2. The molecule has 0 amide bonds. The van der Waals surface area contributed by atoms with Gasteiger partial charge in [0, 0.05) is 6.07 Å². The number of carbonyl (C=O) groups is 2. The van der Waals surface area contributed by atoms with Gasteiger partial charge in [-0.25, -0.2) is 4.79 Å². The van der Waals surface area contributed by atoms with E-state index in [1.807, 2.05) is 0 Å². The third-order valence-corrected chi connectivity index (χ3v) is 3.91. The highest BCUT2D eigenvalue weighted by atomic mass is 16.6. The van der Waals surface area contributed by atoms with Crippen LogP contribution in [0.3, 0.4) is 0 Å². The number of carbonyl (C=O) groups excluding carboxylic acids is 1. The number of ether oxygens (including phenoxy) is 1. The molecule has 10 heteroatoms. The summed E-state index contributed by atoms with van der Waals surface area (Å²) in [5.74, 6) is -2.13. The van der Waals surface area contributed by atoms with Gasteiger partial charge in [0.2, 0.25) is 0 Å². The summed E-state index contributed by atoms with van der Waals surface area (Å²) in [4.78, 5) is 33.0. The summed E-state index contributed by atoms with van der Waals surface area (Å²) in [5, 5.41) is 29.1. The van der Waals surface area contributed by atoms with Gasteiger partial charge in [0.05, 0.1) is 4.92 Å². The molecule has 0 saturated carbocycles. The third-order valence-electron chi connectivity index (χ3n) is 3.91. The second kappa shape index (κ2) is 8.93. The second-order valence-corrected chi connectivity index (χ2v) is 6.10. The number of hydrogen-bond acceptors (Lipinski definition) is 8. The molecule has 10 nitrogen and oxygen atoms in total. The fourth-order valence-corrected chi connectivity index (χ4v) is 2.41. The number of nitro groups is 1. The van der Waals surface area contributed by atoms with Crippen molar-refractivity contribution in [2.24, 2.45) is 11.5 Å². The summed E-state index contributed by atoms with van der Waals surface area (Å²) in [7, 11) is 0. The Labute approximate surface area is 159 Å². The van der Waals surface area contributed by atoms with Crippen LogP contribution in [0.2, 0.25) is 0 Å². The first-order chi connectivity index (χ1) is 13.2. The molecule has 0 spiro atoms. The van der Waals surface area contributed by atoms with Gasteiger partial charge < -0.3 is 26.4 Å². The van der Waals surface area contributed by atoms with Crippen molar-refractivity contribution < 1.29 is 29.5 Å². The Kier molecular flexibility index (Phi) is 6.64. The molecule has 0 aliphatic rings. The van der Waals surface area contributed by atoms with Crippen molar-refractivity contribution in [3.05, 3.63) is 63.7 Å². The molecule has 0 unspecified atom stereocenters. The number of rotatable bonds is 8. The van der Waals surface area contributed by atoms with Crippen LogP contribution in [-0.4, -0.2) is 39.2 Å². The molecule has 0 radical (unpaired) electrons. The molecule has 0 heterocycles. The van der Waals surface area contributed by atoms with Crippen LogP contribution < -0.4 is 16.2 Å². The fourth-order valence-electron chi connectivity index (χ4n) is 2.41. The van der Waals surface area contributed by atoms with Crippen molar-refractivity contribution in [3.8, 4) is 11.5 Å². The Bertz CT molecular complexity index is 883. The maximum atomic E-state index is 12.1. The topological polar surface area (TPSA) is 179 Å². The first kappa shape index (κ1) is 20.8. The van der Waals surface area contributed by atoms with E-state index >= 15 is 0 Å². The largest absolute Gasteiger partial charge is 0.502 e. The lowest BCUT2D eigenvalue weighted by molar-refractivity contribution is -0.385. The number of esters is 1. The molecule has 0 saturated heterocycles. The Morgan fingerprint density at radius 1 is 1.04 bits per heavy atom. The minimum absolute atomic E-state index is 0.0223. The minimum atomic E-state index is -1.11. The fraction of sp³-hybridized carbons (Fsp3) is 0.222. The van der Waals surface area contributed by atoms with E-state index < -0.39 is 40.4 Å². The van der Waals surface area contributed by atoms with Gasteiger partial charge >= 0.3 is 17.6 Å². The van der Waals surface area contributed by atoms with Crippen molar-refractivity contribution in [1.82, 2.24) is 0 Å². The Morgan fingerprint density at radius 3 is 2.18 bits per heavy atom. The van der Waals surface area contributed by atoms with E-state index in [4.69, 9.17) is 21.3 Å². The smallest absolute Gasteiger partial charge is 0.328 e. The van der Waals surface area contributed by atoms with Crippen LogP contribution in [0, 0.1) is 10.1 Å². The molecule has 28 heavy (non-hydrogen) atoms. The van der Waals surface area contributed by atoms with Crippen LogP contribution in [0.5, 0.6) is 11.5 Å². The quantitative estimate of drug-likeness (QED) is 0.219. The number of carboxylic acid groups (broad SMARTS) is 1. The van der Waals surface area contributed by atoms with Gasteiger partial charge in [-0.3, -0.25) is 14.9 Å². The molecule has 148 valence electrons. The predicted molar refractivity (Wildman–Crippen MR) is 97.8 cm³/mol. The summed E-state index contributed by atoms with van der Waals surface area (Å²) in [6, 6.07) is 7.76. The summed E-state index contributed by atoms with van der Waals surface area (Å²) in [6.45, 7) is 0. The molecule has 0 aliphatic carbocycles. The van der Waals surface area contributed by atoms with E-state index in [0.717, 1.165) is 12.1 Å². The zero-order chi connectivity index (χ0) is 20.8. The first-order valence-corrected chi connectivity index (χ1v) is 8.18. The molecule has 0 aliphatic heterocycles. The number of phenolic OH excluding ortho intramolecular Hbond substituents is 1. The molecule has 0 fully saturated rings. The number of nitro benzene ring substituents is 1. The monoisotopic (exact) mass is 389 g/mol. The highest BCUT2D eigenvalue weighted by Gasteiger charge is 2.20. The Morgan fingerprint density at radius 2 is 1.61 bits per heavy atom. The summed E-state index contributed by atoms with van der Waals surface area (Å²) >= 11 is 0. The van der Waals surface area contributed by atoms with E-state index in [9.17, 15) is 24.8 Å². The lowest BCUT2D eigenvalue weighted by Crippen LogP contribution is -2.36. The lowest BCUT2D eigenvalue weighted by Gasteiger charge is -2.12. The number of aromatic hydroxyl groups is 1. The van der Waals surface area contributed by atoms with Crippen LogP contribution in [0.4, 0.5) is 5.69 Å². The molecule has 2 aromatic carbocycles. The van der Waals surface area contributed by atoms with Gasteiger partial charge in [0.25, 0.3) is 0 Å². The van der Waals surface area contributed by atoms with E-state index in [-0.39, 0.29) is 18.6 Å². The lowest BCUT2D eigenvalue weighted by atomic mass is 10.1. The summed E-state index contributed by atoms with van der Waals surface area (Å²) < 4.78 is 5.16. The second-order valence-electron chi connectivity index (χ2n) is 6.10. The number of phenols is 1. The highest BCUT2D eigenvalue weighted by Crippen LogP contribution is 2.26. The van der Waals surface area contributed by atoms with E-state index in [1.54, 1.807) is 12.1 Å². The zero-order valence-corrected chi connectivity index (χ0v) is 14.6. The van der Waals surface area contributed by atoms with Gasteiger partial charge in [-0.2, -0.15) is 0 Å². The molecule has 2 aromatic rings. The van der Waals surface area contributed by atoms with E-state index in [2.05, 4.69) is 0 Å². The van der Waals surface area contributed by atoms with E-state index in [0.29, 0.717) is 11.1 Å². The van der Waals surface area contributed by atoms with Crippen molar-refractivity contribution >= 4 is 17.6 Å². The Balaban J connectivity index is 1.98. The third kappa shape index (κ3) is 5.50. The number of hydrogen-bond donors (Lipinski definition) is 4. The van der Waals surface area contributed by atoms with Gasteiger partial charge in [-0.05, 0) is 42.2 Å². The molecule has 2 atom stereocenters. The van der Waals surface area contributed by atoms with Crippen LogP contribution in [0.15, 0.2) is 42.5 Å². The molecule has 6 N–H and O–H groups in total. The molecular formula is C18H19N3O7. The van der Waals surface area contributed by atoms with Crippen molar-refractivity contribution in [2.45, 2.75) is 24.9 Å². The molecule has 0 aromatic heterocycles. The SMILES string of the molecule is N[C@@H](Cc1ccc(OC(=O)[C@@H](N)Cc2ccc(O)c([N+](=O)[O-])c2)cc1)C(=O)O. The molecule has 0 bridgehead atoms. The molecular weight excluding hydrogens is 370 g/mol. The number of carboxylic acids is 1.